The molecule has 1 aromatic carbocycles. The van der Waals surface area contributed by atoms with E-state index in [4.69, 9.17) is 0 Å². The Kier molecular flexibility index (Phi) is 1.56. The van der Waals surface area contributed by atoms with Crippen LogP contribution in [-0.4, -0.2) is 7.85 Å². The van der Waals surface area contributed by atoms with Crippen molar-refractivity contribution in [3.8, 4) is 0 Å². The van der Waals surface area contributed by atoms with Gasteiger partial charge >= 0.3 is 0 Å². The number of aryl methyl sites for hydroxylation is 1. The van der Waals surface area contributed by atoms with Crippen molar-refractivity contribution in [1.29, 1.82) is 0 Å². The van der Waals surface area contributed by atoms with Crippen LogP contribution in [0, 0.1) is 12.7 Å². The Balaban J connectivity index is 3.17. The molecule has 0 nitrogen and oxygen atoms in total. The Morgan fingerprint density at radius 2 is 2.11 bits per heavy atom. The third kappa shape index (κ3) is 1.32. The molecule has 0 aliphatic rings. The Morgan fingerprint density at radius 3 is 2.56 bits per heavy atom. The summed E-state index contributed by atoms with van der Waals surface area (Å²) in [5, 5.41) is 0. The minimum atomic E-state index is -0.124. The topological polar surface area (TPSA) is 0 Å². The van der Waals surface area contributed by atoms with Gasteiger partial charge in [0.25, 0.3) is 0 Å². The van der Waals surface area contributed by atoms with E-state index in [2.05, 4.69) is 0 Å². The van der Waals surface area contributed by atoms with Crippen LogP contribution in [0.15, 0.2) is 18.2 Å². The fourth-order valence-corrected chi connectivity index (χ4v) is 0.795. The average molecular weight is 122 g/mol. The maximum absolute atomic E-state index is 12.5. The molecule has 0 amide bonds. The third-order valence-electron chi connectivity index (χ3n) is 1.31. The first-order chi connectivity index (χ1) is 4.20. The predicted molar refractivity (Wildman–Crippen MR) is 39.3 cm³/mol. The first kappa shape index (κ1) is 6.34. The van der Waals surface area contributed by atoms with Gasteiger partial charge in [-0.2, -0.15) is 0 Å². The second-order valence-corrected chi connectivity index (χ2v) is 2.25. The van der Waals surface area contributed by atoms with Crippen LogP contribution in [0.5, 0.6) is 0 Å². The van der Waals surface area contributed by atoms with Crippen molar-refractivity contribution in [2.45, 2.75) is 6.92 Å². The van der Waals surface area contributed by atoms with Gasteiger partial charge in [-0.15, -0.1) is 0 Å². The fraction of sp³-hybridized carbons (Fsp3) is 0.143. The van der Waals surface area contributed by atoms with Gasteiger partial charge in [0.1, 0.15) is 13.7 Å². The molecule has 0 unspecified atom stereocenters. The summed E-state index contributed by atoms with van der Waals surface area (Å²) in [4.78, 5) is 0. The van der Waals surface area contributed by atoms with E-state index in [1.54, 1.807) is 13.9 Å². The molecular weight excluding hydrogens is 114 g/mol. The predicted octanol–water partition coefficient (Wildman–Crippen LogP) is 0.393. The van der Waals surface area contributed by atoms with E-state index in [9.17, 15) is 4.39 Å². The highest BCUT2D eigenvalue weighted by Crippen LogP contribution is 1.96. The van der Waals surface area contributed by atoms with Crippen LogP contribution in [0.2, 0.25) is 0 Å². The quantitative estimate of drug-likeness (QED) is 0.436. The Labute approximate surface area is 55.1 Å². The molecule has 0 heterocycles. The van der Waals surface area contributed by atoms with E-state index in [0.29, 0.717) is 0 Å². The van der Waals surface area contributed by atoms with Crippen molar-refractivity contribution in [1.82, 2.24) is 0 Å². The minimum absolute atomic E-state index is 0.124. The van der Waals surface area contributed by atoms with Crippen molar-refractivity contribution in [3.05, 3.63) is 29.6 Å². The van der Waals surface area contributed by atoms with E-state index in [1.807, 2.05) is 13.0 Å². The van der Waals surface area contributed by atoms with Gasteiger partial charge in [-0.3, -0.25) is 0 Å². The summed E-state index contributed by atoms with van der Waals surface area (Å²) in [6.07, 6.45) is 0. The van der Waals surface area contributed by atoms with Crippen LogP contribution < -0.4 is 5.46 Å². The highest BCUT2D eigenvalue weighted by molar-refractivity contribution is 6.32. The van der Waals surface area contributed by atoms with Gasteiger partial charge in [0.05, 0.1) is 0 Å². The van der Waals surface area contributed by atoms with E-state index < -0.39 is 0 Å². The molecule has 0 radical (unpaired) electrons. The second kappa shape index (κ2) is 2.22. The Morgan fingerprint density at radius 1 is 1.44 bits per heavy atom. The van der Waals surface area contributed by atoms with E-state index in [-0.39, 0.29) is 5.82 Å². The van der Waals surface area contributed by atoms with Crippen molar-refractivity contribution >= 4 is 13.3 Å². The molecule has 0 spiro atoms. The zero-order valence-corrected chi connectivity index (χ0v) is 5.61. The number of hydrogen-bond acceptors (Lipinski definition) is 0. The average Bonchev–Trinajstić information content (AvgIpc) is 1.80. The molecule has 0 aromatic heterocycles. The van der Waals surface area contributed by atoms with Gasteiger partial charge in [0.15, 0.2) is 0 Å². The van der Waals surface area contributed by atoms with Crippen LogP contribution in [0.1, 0.15) is 5.56 Å². The zero-order chi connectivity index (χ0) is 6.85. The van der Waals surface area contributed by atoms with Gasteiger partial charge in [-0.25, -0.2) is 4.39 Å². The molecule has 0 saturated carbocycles. The van der Waals surface area contributed by atoms with Gasteiger partial charge in [0, 0.05) is 0 Å². The number of benzene rings is 1. The van der Waals surface area contributed by atoms with Crippen LogP contribution >= 0.6 is 0 Å². The van der Waals surface area contributed by atoms with Crippen LogP contribution in [-0.2, 0) is 0 Å². The molecule has 0 atom stereocenters. The largest absolute Gasteiger partial charge is 0.208 e. The lowest BCUT2D eigenvalue weighted by Crippen LogP contribution is -2.07. The molecule has 0 saturated heterocycles. The smallest absolute Gasteiger partial charge is 0.143 e. The molecule has 0 bridgehead atoms. The van der Waals surface area contributed by atoms with Crippen molar-refractivity contribution in [2.75, 3.05) is 0 Å². The number of hydrogen-bond donors (Lipinski definition) is 0. The van der Waals surface area contributed by atoms with Gasteiger partial charge in [-0.1, -0.05) is 23.2 Å². The van der Waals surface area contributed by atoms with Crippen molar-refractivity contribution < 1.29 is 4.39 Å². The third-order valence-corrected chi connectivity index (χ3v) is 1.31. The first-order valence-corrected chi connectivity index (χ1v) is 2.93. The summed E-state index contributed by atoms with van der Waals surface area (Å²) in [6.45, 7) is 1.95. The first-order valence-electron chi connectivity index (χ1n) is 2.93. The monoisotopic (exact) mass is 122 g/mol. The van der Waals surface area contributed by atoms with Crippen LogP contribution in [0.25, 0.3) is 0 Å². The second-order valence-electron chi connectivity index (χ2n) is 2.25. The maximum atomic E-state index is 12.5. The lowest BCUT2D eigenvalue weighted by molar-refractivity contribution is 0.635. The van der Waals surface area contributed by atoms with Gasteiger partial charge in [-0.05, 0) is 13.0 Å². The zero-order valence-electron chi connectivity index (χ0n) is 5.61. The summed E-state index contributed by atoms with van der Waals surface area (Å²) < 4.78 is 12.5. The summed E-state index contributed by atoms with van der Waals surface area (Å²) in [7, 11) is 1.77. The van der Waals surface area contributed by atoms with Crippen LogP contribution in [0.3, 0.4) is 0 Å². The highest BCUT2D eigenvalue weighted by atomic mass is 19.1. The van der Waals surface area contributed by atoms with E-state index in [0.717, 1.165) is 11.0 Å². The van der Waals surface area contributed by atoms with Crippen molar-refractivity contribution in [2.24, 2.45) is 0 Å². The van der Waals surface area contributed by atoms with E-state index >= 15 is 0 Å². The van der Waals surface area contributed by atoms with Gasteiger partial charge in [0.2, 0.25) is 0 Å². The molecule has 0 aliphatic heterocycles. The molecule has 1 rings (SSSR count). The molecule has 9 heavy (non-hydrogen) atoms. The summed E-state index contributed by atoms with van der Waals surface area (Å²) >= 11 is 0. The molecule has 0 N–H and O–H groups in total. The minimum Gasteiger partial charge on any atom is -0.208 e. The molecule has 0 fully saturated rings. The van der Waals surface area contributed by atoms with Crippen molar-refractivity contribution in [3.63, 3.8) is 0 Å². The lowest BCUT2D eigenvalue weighted by atomic mass is 9.94. The number of rotatable bonds is 0. The highest BCUT2D eigenvalue weighted by Gasteiger charge is 1.92. The molecular formula is C7H8BF. The molecule has 2 heteroatoms. The van der Waals surface area contributed by atoms with E-state index in [1.165, 1.54) is 6.07 Å². The number of halogens is 1. The molecule has 46 valence electrons. The lowest BCUT2D eigenvalue weighted by Gasteiger charge is -1.95. The summed E-state index contributed by atoms with van der Waals surface area (Å²) in [5.74, 6) is -0.124. The summed E-state index contributed by atoms with van der Waals surface area (Å²) in [6, 6.07) is 5.09. The Bertz CT molecular complexity index is 220. The SMILES string of the molecule is Bc1cc(C)ccc1F. The Hall–Kier alpha value is -0.785. The normalized spacial score (nSPS) is 9.56. The van der Waals surface area contributed by atoms with Gasteiger partial charge < -0.3 is 0 Å². The van der Waals surface area contributed by atoms with Crippen LogP contribution in [0.4, 0.5) is 4.39 Å². The molecule has 1 aromatic rings. The molecule has 0 aliphatic carbocycles. The fourth-order valence-electron chi connectivity index (χ4n) is 0.795. The standard InChI is InChI=1S/C7H8BF/c1-5-2-3-7(9)6(8)4-5/h2-4H,8H2,1H3. The summed E-state index contributed by atoms with van der Waals surface area (Å²) in [5.41, 5.74) is 1.82. The maximum Gasteiger partial charge on any atom is 0.143 e.